The average molecular weight is 866 g/mol. The van der Waals surface area contributed by atoms with Crippen LogP contribution in [0.25, 0.3) is 10.8 Å². The monoisotopic (exact) mass is 865 g/mol. The van der Waals surface area contributed by atoms with Crippen LogP contribution < -0.4 is 11.1 Å². The molecule has 1 aromatic heterocycles. The van der Waals surface area contributed by atoms with E-state index in [-0.39, 0.29) is 56.9 Å². The molecule has 63 heavy (non-hydrogen) atoms. The second kappa shape index (κ2) is 17.9. The lowest BCUT2D eigenvalue weighted by atomic mass is 9.44. The van der Waals surface area contributed by atoms with Gasteiger partial charge >= 0.3 is 17.9 Å². The second-order valence-corrected chi connectivity index (χ2v) is 18.0. The molecule has 0 aliphatic heterocycles. The summed E-state index contributed by atoms with van der Waals surface area (Å²) >= 11 is 0. The molecule has 3 fully saturated rings. The fraction of sp³-hybridized carbons (Fsp3) is 0.490. The van der Waals surface area contributed by atoms with E-state index in [2.05, 4.69) is 10.3 Å². The van der Waals surface area contributed by atoms with Crippen molar-refractivity contribution in [3.8, 4) is 0 Å². The highest BCUT2D eigenvalue weighted by Gasteiger charge is 2.77. The number of alkyl halides is 1. The number of aliphatic hydroxyl groups excluding tert-OH is 1. The minimum Gasteiger partial charge on any atom is -0.461 e. The van der Waals surface area contributed by atoms with Crippen molar-refractivity contribution in [2.75, 3.05) is 18.5 Å². The van der Waals surface area contributed by atoms with Crippen LogP contribution in [-0.2, 0) is 49.6 Å². The third-order valence-electron chi connectivity index (χ3n) is 14.5. The van der Waals surface area contributed by atoms with Gasteiger partial charge in [-0.3, -0.25) is 33.8 Å². The van der Waals surface area contributed by atoms with Gasteiger partial charge in [-0.05, 0) is 91.8 Å². The zero-order valence-corrected chi connectivity index (χ0v) is 36.2. The molecule has 1 amide bonds. The Morgan fingerprint density at radius 2 is 1.71 bits per heavy atom. The van der Waals surface area contributed by atoms with Gasteiger partial charge in [-0.2, -0.15) is 0 Å². The Labute approximate surface area is 366 Å². The summed E-state index contributed by atoms with van der Waals surface area (Å²) in [6.07, 6.45) is 6.90. The molecule has 3 saturated carbocycles. The summed E-state index contributed by atoms with van der Waals surface area (Å²) in [4.78, 5) is 82.5. The van der Waals surface area contributed by atoms with Gasteiger partial charge in [-0.15, -0.1) is 0 Å². The predicted molar refractivity (Wildman–Crippen MR) is 230 cm³/mol. The number of pyridine rings is 1. The standard InChI is InChI=1S/C49H56FN3O10/c1-5-42(57)63-49(29(2)21-39-38-16-14-34-23-36(54)17-19-46(34,3)48(38,50)40(55)24-47(39,49)4)41(56)28-62-44(59)8-6-7-43(58)61-27-30-9-11-31(12-10-30)37(25-51)45(60)53-35-15-13-33-26-52-20-18-32(33)22-35/h9-13,15,17-20,22-23,26,29,37-40,55H,5-8,14,16,21,24-25,27-28,51H2,1-4H3,(H,53,60)/t29-,37+,38?,39?,40-,46-,47-,48-,49-/m0/s1. The molecule has 0 saturated heterocycles. The quantitative estimate of drug-likeness (QED) is 0.110. The molecule has 9 atom stereocenters. The number of hydrogen-bond donors (Lipinski definition) is 3. The number of hydrogen-bond acceptors (Lipinski definition) is 12. The van der Waals surface area contributed by atoms with Crippen LogP contribution in [0, 0.1) is 28.6 Å². The van der Waals surface area contributed by atoms with E-state index in [9.17, 15) is 33.9 Å². The number of benzene rings is 2. The van der Waals surface area contributed by atoms with Gasteiger partial charge in [0.1, 0.15) is 6.61 Å². The van der Waals surface area contributed by atoms with Gasteiger partial charge in [-0.1, -0.05) is 62.8 Å². The van der Waals surface area contributed by atoms with Crippen LogP contribution in [-0.4, -0.2) is 76.0 Å². The normalized spacial score (nSPS) is 30.0. The summed E-state index contributed by atoms with van der Waals surface area (Å²) in [7, 11) is 0. The fourth-order valence-corrected chi connectivity index (χ4v) is 11.2. The van der Waals surface area contributed by atoms with E-state index in [1.54, 1.807) is 76.5 Å². The van der Waals surface area contributed by atoms with Crippen LogP contribution in [0.1, 0.15) is 96.1 Å². The van der Waals surface area contributed by atoms with Crippen molar-refractivity contribution in [3.05, 3.63) is 95.9 Å². The molecule has 1 heterocycles. The molecule has 0 radical (unpaired) electrons. The van der Waals surface area contributed by atoms with Gasteiger partial charge < -0.3 is 30.4 Å². The predicted octanol–water partition coefficient (Wildman–Crippen LogP) is 6.55. The van der Waals surface area contributed by atoms with Crippen molar-refractivity contribution in [2.45, 2.75) is 109 Å². The van der Waals surface area contributed by atoms with Crippen LogP contribution in [0.5, 0.6) is 0 Å². The number of nitrogens with zero attached hydrogens (tertiary/aromatic N) is 1. The van der Waals surface area contributed by atoms with Crippen molar-refractivity contribution < 1.29 is 52.5 Å². The number of ketones is 2. The summed E-state index contributed by atoms with van der Waals surface area (Å²) in [5.74, 6) is -5.46. The molecule has 2 aromatic carbocycles. The number of fused-ring (bicyclic) bond motifs is 6. The molecule has 4 N–H and O–H groups in total. The number of ether oxygens (including phenoxy) is 3. The molecule has 14 heteroatoms. The summed E-state index contributed by atoms with van der Waals surface area (Å²) in [6, 6.07) is 14.4. The topological polar surface area (TPSA) is 201 Å². The number of anilines is 1. The number of halogens is 1. The Bertz CT molecular complexity index is 2370. The number of nitrogens with one attached hydrogen (secondary N) is 1. The lowest BCUT2D eigenvalue weighted by molar-refractivity contribution is -0.228. The Balaban J connectivity index is 0.913. The van der Waals surface area contributed by atoms with E-state index in [1.807, 2.05) is 18.2 Å². The first-order valence-electron chi connectivity index (χ1n) is 21.8. The molecule has 4 aliphatic rings. The van der Waals surface area contributed by atoms with Crippen LogP contribution in [0.15, 0.2) is 84.7 Å². The number of rotatable bonds is 15. The van der Waals surface area contributed by atoms with Crippen molar-refractivity contribution in [1.82, 2.24) is 4.98 Å². The Morgan fingerprint density at radius 3 is 2.43 bits per heavy atom. The minimum absolute atomic E-state index is 0.0345. The lowest BCUT2D eigenvalue weighted by Gasteiger charge is -2.62. The summed E-state index contributed by atoms with van der Waals surface area (Å²) in [5, 5.41) is 16.6. The zero-order chi connectivity index (χ0) is 45.3. The van der Waals surface area contributed by atoms with E-state index >= 15 is 4.39 Å². The van der Waals surface area contributed by atoms with E-state index in [4.69, 9.17) is 19.9 Å². The number of aliphatic hydroxyl groups is 1. The largest absolute Gasteiger partial charge is 0.461 e. The molecular weight excluding hydrogens is 810 g/mol. The van der Waals surface area contributed by atoms with Crippen LogP contribution in [0.3, 0.4) is 0 Å². The minimum atomic E-state index is -2.14. The first-order valence-corrected chi connectivity index (χ1v) is 21.8. The summed E-state index contributed by atoms with van der Waals surface area (Å²) in [6.45, 7) is 6.18. The third-order valence-corrected chi connectivity index (χ3v) is 14.5. The van der Waals surface area contributed by atoms with Crippen LogP contribution >= 0.6 is 0 Å². The maximum absolute atomic E-state index is 17.7. The number of Topliss-reactive ketones (excluding diaryl/α,β-unsaturated/α-hetero) is 1. The van der Waals surface area contributed by atoms with Gasteiger partial charge in [0.25, 0.3) is 0 Å². The van der Waals surface area contributed by atoms with E-state index in [1.165, 1.54) is 12.2 Å². The second-order valence-electron chi connectivity index (χ2n) is 18.0. The van der Waals surface area contributed by atoms with Crippen molar-refractivity contribution in [1.29, 1.82) is 0 Å². The highest BCUT2D eigenvalue weighted by atomic mass is 19.1. The smallest absolute Gasteiger partial charge is 0.306 e. The number of nitrogens with two attached hydrogens (primary N) is 1. The highest BCUT2D eigenvalue weighted by molar-refractivity contribution is 6.01. The number of amides is 1. The van der Waals surface area contributed by atoms with E-state index in [0.717, 1.165) is 10.8 Å². The summed E-state index contributed by atoms with van der Waals surface area (Å²) in [5.41, 5.74) is 2.26. The molecule has 3 aromatic rings. The lowest BCUT2D eigenvalue weighted by Crippen LogP contribution is -2.70. The fourth-order valence-electron chi connectivity index (χ4n) is 11.2. The first-order chi connectivity index (χ1) is 30.0. The summed E-state index contributed by atoms with van der Waals surface area (Å²) < 4.78 is 34.7. The maximum atomic E-state index is 17.7. The molecule has 0 bridgehead atoms. The molecular formula is C49H56FN3O10. The van der Waals surface area contributed by atoms with E-state index in [0.29, 0.717) is 41.6 Å². The number of carbonyl (C=O) groups is 6. The number of allylic oxidation sites excluding steroid dienone is 4. The van der Waals surface area contributed by atoms with Crippen molar-refractivity contribution in [2.24, 2.45) is 34.3 Å². The maximum Gasteiger partial charge on any atom is 0.306 e. The van der Waals surface area contributed by atoms with Crippen molar-refractivity contribution in [3.63, 3.8) is 0 Å². The molecule has 7 rings (SSSR count). The van der Waals surface area contributed by atoms with Crippen LogP contribution in [0.2, 0.25) is 0 Å². The SMILES string of the molecule is CCC(=O)O[C@]1(C(=O)COC(=O)CCCC(=O)OCc2ccc([C@@H](CN)C(=O)Nc3ccc4cnccc4c3)cc2)[C@@H](C)CC2C3CCC4=CC(=O)C=C[C@]4(C)[C@@]3(F)[C@@H](O)C[C@@]21C. The van der Waals surface area contributed by atoms with Gasteiger partial charge in [-0.25, -0.2) is 4.39 Å². The van der Waals surface area contributed by atoms with Gasteiger partial charge in [0.2, 0.25) is 11.7 Å². The highest BCUT2D eigenvalue weighted by Crippen LogP contribution is 2.71. The first kappa shape index (κ1) is 45.4. The van der Waals surface area contributed by atoms with Gasteiger partial charge in [0.15, 0.2) is 23.7 Å². The van der Waals surface area contributed by atoms with Gasteiger partial charge in [0.05, 0.1) is 12.0 Å². The van der Waals surface area contributed by atoms with Crippen LogP contribution in [0.4, 0.5) is 10.1 Å². The third kappa shape index (κ3) is 8.12. The molecule has 2 unspecified atom stereocenters. The molecule has 13 nitrogen and oxygen atoms in total. The van der Waals surface area contributed by atoms with E-state index < -0.39 is 82.2 Å². The number of aromatic nitrogens is 1. The van der Waals surface area contributed by atoms with Gasteiger partial charge in [0, 0.05) is 71.9 Å². The Hall–Kier alpha value is -5.60. The number of carbonyl (C=O) groups excluding carboxylic acids is 6. The molecule has 334 valence electrons. The number of esters is 3. The average Bonchev–Trinajstić information content (AvgIpc) is 3.48. The van der Waals surface area contributed by atoms with Crippen molar-refractivity contribution >= 4 is 51.8 Å². The molecule has 4 aliphatic carbocycles. The molecule has 0 spiro atoms. The Kier molecular flexibility index (Phi) is 12.9. The zero-order valence-electron chi connectivity index (χ0n) is 36.2. The Morgan fingerprint density at radius 1 is 0.984 bits per heavy atom.